The fraction of sp³-hybridized carbons (Fsp3) is 0.933. The minimum absolute atomic E-state index is 0.360. The number of ether oxygens (including phenoxy) is 1. The Hall–Kier alpha value is -0.590. The summed E-state index contributed by atoms with van der Waals surface area (Å²) in [6.07, 6.45) is 8.51. The highest BCUT2D eigenvalue weighted by Crippen LogP contribution is 2.29. The molecule has 1 aliphatic carbocycles. The Morgan fingerprint density at radius 2 is 2.11 bits per heavy atom. The van der Waals surface area contributed by atoms with Gasteiger partial charge < -0.3 is 4.74 Å². The van der Waals surface area contributed by atoms with Crippen molar-refractivity contribution in [3.63, 3.8) is 0 Å². The fourth-order valence-corrected chi connectivity index (χ4v) is 2.39. The largest absolute Gasteiger partial charge is 0.381 e. The van der Waals surface area contributed by atoms with Crippen molar-refractivity contribution < 1.29 is 4.74 Å². The van der Waals surface area contributed by atoms with Crippen LogP contribution in [0.4, 0.5) is 0 Å². The summed E-state index contributed by atoms with van der Waals surface area (Å²) in [5, 5.41) is 12.3. The average Bonchev–Trinajstić information content (AvgIpc) is 2.30. The molecule has 1 aliphatic rings. The molecule has 0 aromatic carbocycles. The van der Waals surface area contributed by atoms with Gasteiger partial charge in [0, 0.05) is 13.2 Å². The number of hydrogen-bond donors (Lipinski definition) is 1. The van der Waals surface area contributed by atoms with Gasteiger partial charge in [0.15, 0.2) is 0 Å². The molecule has 3 nitrogen and oxygen atoms in total. The van der Waals surface area contributed by atoms with Crippen LogP contribution in [0.3, 0.4) is 0 Å². The zero-order valence-electron chi connectivity index (χ0n) is 12.0. The van der Waals surface area contributed by atoms with Crippen molar-refractivity contribution >= 4 is 0 Å². The molecule has 1 fully saturated rings. The molecule has 18 heavy (non-hydrogen) atoms. The highest BCUT2D eigenvalue weighted by Gasteiger charge is 2.21. The molecule has 0 saturated heterocycles. The van der Waals surface area contributed by atoms with E-state index in [4.69, 9.17) is 10.00 Å². The highest BCUT2D eigenvalue weighted by molar-refractivity contribution is 5.03. The van der Waals surface area contributed by atoms with Crippen molar-refractivity contribution in [3.05, 3.63) is 0 Å². The molecular formula is C15H28N2O. The molecule has 1 saturated carbocycles. The van der Waals surface area contributed by atoms with Crippen LogP contribution in [0.5, 0.6) is 0 Å². The topological polar surface area (TPSA) is 45.0 Å². The first-order valence-electron chi connectivity index (χ1n) is 7.44. The van der Waals surface area contributed by atoms with E-state index in [1.165, 1.54) is 25.7 Å². The van der Waals surface area contributed by atoms with Crippen molar-refractivity contribution in [1.29, 1.82) is 5.26 Å². The normalized spacial score (nSPS) is 18.9. The van der Waals surface area contributed by atoms with Crippen molar-refractivity contribution in [2.24, 2.45) is 5.92 Å². The lowest BCUT2D eigenvalue weighted by Gasteiger charge is -2.25. The molecule has 0 amide bonds. The van der Waals surface area contributed by atoms with Crippen molar-refractivity contribution in [1.82, 2.24) is 5.32 Å². The number of rotatable bonds is 10. The van der Waals surface area contributed by atoms with Gasteiger partial charge >= 0.3 is 0 Å². The molecule has 1 N–H and O–H groups in total. The molecule has 104 valence electrons. The Morgan fingerprint density at radius 1 is 1.33 bits per heavy atom. The van der Waals surface area contributed by atoms with Crippen molar-refractivity contribution in [3.8, 4) is 6.07 Å². The smallest absolute Gasteiger partial charge is 0.103 e. The van der Waals surface area contributed by atoms with Gasteiger partial charge in [-0.1, -0.05) is 26.2 Å². The predicted molar refractivity (Wildman–Crippen MR) is 74.3 cm³/mol. The van der Waals surface area contributed by atoms with E-state index in [1.807, 2.05) is 13.8 Å². The maximum absolute atomic E-state index is 9.11. The molecule has 0 aromatic heterocycles. The van der Waals surface area contributed by atoms with Gasteiger partial charge in [-0.05, 0) is 45.1 Å². The third-order valence-electron chi connectivity index (χ3n) is 3.92. The van der Waals surface area contributed by atoms with E-state index in [0.717, 1.165) is 44.9 Å². The van der Waals surface area contributed by atoms with Gasteiger partial charge in [-0.2, -0.15) is 5.26 Å². The summed E-state index contributed by atoms with van der Waals surface area (Å²) in [4.78, 5) is 0. The fourth-order valence-electron chi connectivity index (χ4n) is 2.39. The van der Waals surface area contributed by atoms with Crippen molar-refractivity contribution in [2.45, 2.75) is 64.3 Å². The Labute approximate surface area is 112 Å². The Morgan fingerprint density at radius 3 is 2.67 bits per heavy atom. The first-order chi connectivity index (χ1) is 8.70. The summed E-state index contributed by atoms with van der Waals surface area (Å²) in [6.45, 7) is 6.64. The van der Waals surface area contributed by atoms with Crippen LogP contribution in [-0.4, -0.2) is 25.3 Å². The molecule has 0 bridgehead atoms. The second-order valence-electron chi connectivity index (χ2n) is 5.63. The molecular weight excluding hydrogens is 224 g/mol. The molecule has 0 radical (unpaired) electrons. The zero-order chi connectivity index (χ0) is 13.3. The Kier molecular flexibility index (Phi) is 7.31. The molecule has 1 rings (SSSR count). The van der Waals surface area contributed by atoms with E-state index in [1.54, 1.807) is 0 Å². The summed E-state index contributed by atoms with van der Waals surface area (Å²) in [5.74, 6) is 0.945. The quantitative estimate of drug-likeness (QED) is 0.607. The van der Waals surface area contributed by atoms with Crippen LogP contribution < -0.4 is 5.32 Å². The maximum atomic E-state index is 9.11. The molecule has 1 atom stereocenters. The van der Waals surface area contributed by atoms with E-state index in [2.05, 4.69) is 11.4 Å². The van der Waals surface area contributed by atoms with Crippen LogP contribution in [-0.2, 0) is 4.74 Å². The third-order valence-corrected chi connectivity index (χ3v) is 3.92. The molecule has 0 aliphatic heterocycles. The predicted octanol–water partition coefficient (Wildman–Crippen LogP) is 3.26. The molecule has 1 unspecified atom stereocenters. The van der Waals surface area contributed by atoms with Gasteiger partial charge in [-0.25, -0.2) is 0 Å². The SMILES string of the molecule is CCNC(C)(C#N)CCCCOCCC1CCC1. The van der Waals surface area contributed by atoms with E-state index >= 15 is 0 Å². The van der Waals surface area contributed by atoms with Crippen LogP contribution in [0.2, 0.25) is 0 Å². The second-order valence-corrected chi connectivity index (χ2v) is 5.63. The summed E-state index contributed by atoms with van der Waals surface area (Å²) in [5.41, 5.74) is -0.360. The van der Waals surface area contributed by atoms with Crippen LogP contribution in [0, 0.1) is 17.2 Å². The van der Waals surface area contributed by atoms with Gasteiger partial charge in [0.05, 0.1) is 6.07 Å². The molecule has 0 spiro atoms. The maximum Gasteiger partial charge on any atom is 0.103 e. The lowest BCUT2D eigenvalue weighted by molar-refractivity contribution is 0.102. The lowest BCUT2D eigenvalue weighted by atomic mass is 9.83. The van der Waals surface area contributed by atoms with E-state index in [9.17, 15) is 0 Å². The number of nitrogens with zero attached hydrogens (tertiary/aromatic N) is 1. The number of hydrogen-bond acceptors (Lipinski definition) is 3. The van der Waals surface area contributed by atoms with Crippen LogP contribution >= 0.6 is 0 Å². The molecule has 0 heterocycles. The third kappa shape index (κ3) is 5.84. The van der Waals surface area contributed by atoms with Gasteiger partial charge in [0.25, 0.3) is 0 Å². The van der Waals surface area contributed by atoms with E-state index < -0.39 is 0 Å². The first-order valence-corrected chi connectivity index (χ1v) is 7.44. The van der Waals surface area contributed by atoms with Crippen molar-refractivity contribution in [2.75, 3.05) is 19.8 Å². The van der Waals surface area contributed by atoms with Crippen LogP contribution in [0.1, 0.15) is 58.8 Å². The van der Waals surface area contributed by atoms with E-state index in [0.29, 0.717) is 0 Å². The van der Waals surface area contributed by atoms with Gasteiger partial charge in [0.2, 0.25) is 0 Å². The minimum Gasteiger partial charge on any atom is -0.381 e. The number of nitrogens with one attached hydrogen (secondary N) is 1. The number of nitriles is 1. The van der Waals surface area contributed by atoms with Gasteiger partial charge in [-0.15, -0.1) is 0 Å². The Balaban J connectivity index is 1.92. The van der Waals surface area contributed by atoms with Crippen LogP contribution in [0.25, 0.3) is 0 Å². The zero-order valence-corrected chi connectivity index (χ0v) is 12.0. The summed E-state index contributed by atoms with van der Waals surface area (Å²) in [6, 6.07) is 2.36. The monoisotopic (exact) mass is 252 g/mol. The highest BCUT2D eigenvalue weighted by atomic mass is 16.5. The molecule has 0 aromatic rings. The lowest BCUT2D eigenvalue weighted by Crippen LogP contribution is -2.40. The second kappa shape index (κ2) is 8.50. The average molecular weight is 252 g/mol. The molecule has 3 heteroatoms. The van der Waals surface area contributed by atoms with Gasteiger partial charge in [0.1, 0.15) is 5.54 Å². The van der Waals surface area contributed by atoms with Crippen LogP contribution in [0.15, 0.2) is 0 Å². The summed E-state index contributed by atoms with van der Waals surface area (Å²) >= 11 is 0. The van der Waals surface area contributed by atoms with Gasteiger partial charge in [-0.3, -0.25) is 5.32 Å². The van der Waals surface area contributed by atoms with E-state index in [-0.39, 0.29) is 5.54 Å². The summed E-state index contributed by atoms with van der Waals surface area (Å²) in [7, 11) is 0. The number of unbranched alkanes of at least 4 members (excludes halogenated alkanes) is 1. The summed E-state index contributed by atoms with van der Waals surface area (Å²) < 4.78 is 5.65. The standard InChI is InChI=1S/C15H28N2O/c1-3-17-15(2,13-16)10-4-5-11-18-12-9-14-7-6-8-14/h14,17H,3-12H2,1-2H3. The Bertz CT molecular complexity index is 258. The minimum atomic E-state index is -0.360. The first kappa shape index (κ1) is 15.5.